The fourth-order valence-electron chi connectivity index (χ4n) is 0.790. The van der Waals surface area contributed by atoms with Gasteiger partial charge in [-0.1, -0.05) is 17.7 Å². The molecule has 0 radical (unpaired) electrons. The topological polar surface area (TPSA) is 23.1 Å². The molecule has 0 aliphatic rings. The molecule has 0 amide bonds. The van der Waals surface area contributed by atoms with Gasteiger partial charge in [0, 0.05) is 0 Å². The van der Waals surface area contributed by atoms with Gasteiger partial charge in [0.2, 0.25) is 0 Å². The van der Waals surface area contributed by atoms with Crippen LogP contribution >= 0.6 is 0 Å². The molecule has 1 rings (SSSR count). The van der Waals surface area contributed by atoms with Crippen LogP contribution in [-0.2, 0) is 12.8 Å². The van der Waals surface area contributed by atoms with Gasteiger partial charge in [-0.15, -0.1) is 6.61 Å². The monoisotopic (exact) mass is 182 g/mol. The summed E-state index contributed by atoms with van der Waals surface area (Å²) in [5.41, 5.74) is -0.359. The standard InChI is InChI=1S/C8H6F3O.Li/c9-8(10,11)7-3-1-6(5-12)2-4-7;/h1-4H,5H2;/q-1;+1. The Hall–Kier alpha value is -0.433. The Labute approximate surface area is 85.7 Å². The molecular weight excluding hydrogens is 176 g/mol. The van der Waals surface area contributed by atoms with E-state index in [1.165, 1.54) is 12.1 Å². The molecule has 1 aromatic carbocycles. The van der Waals surface area contributed by atoms with Crippen LogP contribution in [0.25, 0.3) is 0 Å². The third-order valence-electron chi connectivity index (χ3n) is 1.45. The Morgan fingerprint density at radius 2 is 1.54 bits per heavy atom. The van der Waals surface area contributed by atoms with Crippen LogP contribution in [-0.4, -0.2) is 0 Å². The second kappa shape index (κ2) is 4.71. The van der Waals surface area contributed by atoms with E-state index < -0.39 is 18.3 Å². The number of rotatable bonds is 1. The Bertz CT molecular complexity index is 255. The number of halogens is 3. The largest absolute Gasteiger partial charge is 1.00 e. The molecule has 0 bridgehead atoms. The van der Waals surface area contributed by atoms with Crippen LogP contribution in [0.1, 0.15) is 11.1 Å². The molecule has 0 saturated heterocycles. The van der Waals surface area contributed by atoms with E-state index in [0.717, 1.165) is 12.1 Å². The summed E-state index contributed by atoms with van der Waals surface area (Å²) in [6, 6.07) is 4.20. The minimum absolute atomic E-state index is 0. The molecule has 5 heteroatoms. The minimum Gasteiger partial charge on any atom is -0.851 e. The summed E-state index contributed by atoms with van der Waals surface area (Å²) < 4.78 is 35.8. The molecule has 0 heterocycles. The fourth-order valence-corrected chi connectivity index (χ4v) is 0.790. The second-order valence-corrected chi connectivity index (χ2v) is 2.34. The van der Waals surface area contributed by atoms with Crippen LogP contribution in [0.15, 0.2) is 24.3 Å². The van der Waals surface area contributed by atoms with E-state index in [2.05, 4.69) is 0 Å². The van der Waals surface area contributed by atoms with E-state index in [1.54, 1.807) is 0 Å². The van der Waals surface area contributed by atoms with Crippen LogP contribution in [0.3, 0.4) is 0 Å². The second-order valence-electron chi connectivity index (χ2n) is 2.34. The molecular formula is C8H6F3LiO. The van der Waals surface area contributed by atoms with Gasteiger partial charge in [0.15, 0.2) is 0 Å². The molecule has 1 aromatic rings. The summed E-state index contributed by atoms with van der Waals surface area (Å²) in [5.74, 6) is 0. The van der Waals surface area contributed by atoms with E-state index in [0.29, 0.717) is 5.56 Å². The quantitative estimate of drug-likeness (QED) is 0.488. The zero-order valence-corrected chi connectivity index (χ0v) is 7.06. The summed E-state index contributed by atoms with van der Waals surface area (Å²) in [6.45, 7) is -0.488. The molecule has 1 nitrogen and oxygen atoms in total. The van der Waals surface area contributed by atoms with E-state index in [-0.39, 0.29) is 18.9 Å². The van der Waals surface area contributed by atoms with Crippen molar-refractivity contribution in [2.24, 2.45) is 0 Å². The molecule has 0 aliphatic carbocycles. The fraction of sp³-hybridized carbons (Fsp3) is 0.250. The van der Waals surface area contributed by atoms with Crippen LogP contribution in [0.4, 0.5) is 13.2 Å². The van der Waals surface area contributed by atoms with E-state index in [9.17, 15) is 18.3 Å². The summed E-state index contributed by atoms with van der Waals surface area (Å²) >= 11 is 0. The van der Waals surface area contributed by atoms with Gasteiger partial charge in [0.25, 0.3) is 0 Å². The van der Waals surface area contributed by atoms with Gasteiger partial charge in [-0.05, 0) is 12.1 Å². The normalized spacial score (nSPS) is 10.8. The number of benzene rings is 1. The molecule has 13 heavy (non-hydrogen) atoms. The van der Waals surface area contributed by atoms with Gasteiger partial charge in [0.05, 0.1) is 5.56 Å². The van der Waals surface area contributed by atoms with Gasteiger partial charge in [-0.25, -0.2) is 0 Å². The molecule has 0 aromatic heterocycles. The predicted octanol–water partition coefficient (Wildman–Crippen LogP) is -1.43. The van der Waals surface area contributed by atoms with Crippen molar-refractivity contribution >= 4 is 0 Å². The number of alkyl halides is 3. The van der Waals surface area contributed by atoms with Gasteiger partial charge in [-0.2, -0.15) is 13.2 Å². The van der Waals surface area contributed by atoms with Crippen molar-refractivity contribution in [1.82, 2.24) is 0 Å². The third-order valence-corrected chi connectivity index (χ3v) is 1.45. The molecule has 0 unspecified atom stereocenters. The first-order chi connectivity index (χ1) is 5.54. The summed E-state index contributed by atoms with van der Waals surface area (Å²) in [5, 5.41) is 10.2. The SMILES string of the molecule is [Li+].[O-]Cc1ccc(C(F)(F)F)cc1. The zero-order chi connectivity index (χ0) is 9.19. The molecule has 0 saturated carbocycles. The Balaban J connectivity index is 0.00000144. The van der Waals surface area contributed by atoms with E-state index in [1.807, 2.05) is 0 Å². The van der Waals surface area contributed by atoms with Crippen molar-refractivity contribution in [3.63, 3.8) is 0 Å². The van der Waals surface area contributed by atoms with Crippen LogP contribution in [0.5, 0.6) is 0 Å². The van der Waals surface area contributed by atoms with Gasteiger partial charge < -0.3 is 5.11 Å². The number of hydrogen-bond donors (Lipinski definition) is 0. The van der Waals surface area contributed by atoms with Crippen LogP contribution < -0.4 is 24.0 Å². The Kier molecular flexibility index (Phi) is 4.55. The first-order valence-electron chi connectivity index (χ1n) is 3.28. The van der Waals surface area contributed by atoms with Crippen molar-refractivity contribution < 1.29 is 37.1 Å². The van der Waals surface area contributed by atoms with Gasteiger partial charge in [-0.3, -0.25) is 0 Å². The first-order valence-corrected chi connectivity index (χ1v) is 3.28. The van der Waals surface area contributed by atoms with Crippen molar-refractivity contribution in [2.75, 3.05) is 0 Å². The van der Waals surface area contributed by atoms with Crippen LogP contribution in [0.2, 0.25) is 0 Å². The molecule has 0 aliphatic heterocycles. The van der Waals surface area contributed by atoms with E-state index >= 15 is 0 Å². The predicted molar refractivity (Wildman–Crippen MR) is 35.1 cm³/mol. The minimum atomic E-state index is -4.32. The zero-order valence-electron chi connectivity index (χ0n) is 7.06. The summed E-state index contributed by atoms with van der Waals surface area (Å²) in [4.78, 5) is 0. The molecule has 0 atom stereocenters. The van der Waals surface area contributed by atoms with Crippen molar-refractivity contribution in [3.8, 4) is 0 Å². The first kappa shape index (κ1) is 12.6. The number of hydrogen-bond acceptors (Lipinski definition) is 1. The van der Waals surface area contributed by atoms with Crippen LogP contribution in [0, 0.1) is 0 Å². The van der Waals surface area contributed by atoms with E-state index in [4.69, 9.17) is 0 Å². The maximum absolute atomic E-state index is 11.9. The smallest absolute Gasteiger partial charge is 0.851 e. The Morgan fingerprint density at radius 1 is 1.08 bits per heavy atom. The Morgan fingerprint density at radius 3 is 1.85 bits per heavy atom. The van der Waals surface area contributed by atoms with Crippen molar-refractivity contribution in [3.05, 3.63) is 35.4 Å². The summed E-state index contributed by atoms with van der Waals surface area (Å²) in [6.07, 6.45) is -4.32. The van der Waals surface area contributed by atoms with Gasteiger partial charge >= 0.3 is 25.0 Å². The molecule has 0 fully saturated rings. The average Bonchev–Trinajstić information content (AvgIpc) is 2.03. The maximum atomic E-state index is 11.9. The molecule has 66 valence electrons. The van der Waals surface area contributed by atoms with Crippen molar-refractivity contribution in [1.29, 1.82) is 0 Å². The maximum Gasteiger partial charge on any atom is 1.00 e. The average molecular weight is 182 g/mol. The third kappa shape index (κ3) is 3.43. The summed E-state index contributed by atoms with van der Waals surface area (Å²) in [7, 11) is 0. The van der Waals surface area contributed by atoms with Crippen molar-refractivity contribution in [2.45, 2.75) is 12.8 Å². The van der Waals surface area contributed by atoms with Gasteiger partial charge in [0.1, 0.15) is 0 Å². The molecule has 0 N–H and O–H groups in total. The molecule has 0 spiro atoms.